The van der Waals surface area contributed by atoms with Crippen LogP contribution < -0.4 is 0 Å². The summed E-state index contributed by atoms with van der Waals surface area (Å²) in [6.07, 6.45) is 0.900. The first kappa shape index (κ1) is 12.8. The average Bonchev–Trinajstić information content (AvgIpc) is 2.01. The van der Waals surface area contributed by atoms with Gasteiger partial charge < -0.3 is 0 Å². The molecular formula is C10H17NOW. The first-order valence-electron chi connectivity index (χ1n) is 4.22. The molecule has 0 aliphatic heterocycles. The van der Waals surface area contributed by atoms with Crippen molar-refractivity contribution in [3.8, 4) is 0 Å². The number of carbonyl (C=O) groups excluding carboxylic acids is 1. The van der Waals surface area contributed by atoms with Crippen LogP contribution in [0.3, 0.4) is 0 Å². The molecule has 1 amide bonds. The van der Waals surface area contributed by atoms with Gasteiger partial charge in [-0.1, -0.05) is 0 Å². The third-order valence-corrected chi connectivity index (χ3v) is 3.21. The fraction of sp³-hybridized carbons (Fsp3) is 0.600. The van der Waals surface area contributed by atoms with Gasteiger partial charge in [-0.25, -0.2) is 0 Å². The molecule has 0 atom stereocenters. The molecule has 0 bridgehead atoms. The maximum atomic E-state index is 10.9. The van der Waals surface area contributed by atoms with Crippen molar-refractivity contribution in [2.45, 2.75) is 40.2 Å². The molecule has 0 aromatic heterocycles. The summed E-state index contributed by atoms with van der Waals surface area (Å²) in [5.41, 5.74) is 2.08. The van der Waals surface area contributed by atoms with Crippen LogP contribution in [0.4, 0.5) is 0 Å². The molecule has 13 heavy (non-hydrogen) atoms. The molecule has 0 aliphatic carbocycles. The van der Waals surface area contributed by atoms with Crippen LogP contribution in [-0.2, 0) is 24.1 Å². The Morgan fingerprint density at radius 3 is 2.00 bits per heavy atom. The second-order valence-corrected chi connectivity index (χ2v) is 4.88. The summed E-state index contributed by atoms with van der Waals surface area (Å²) in [5.74, 6) is 0. The first-order chi connectivity index (χ1) is 5.84. The van der Waals surface area contributed by atoms with E-state index in [9.17, 15) is 4.79 Å². The van der Waals surface area contributed by atoms with Gasteiger partial charge in [0.1, 0.15) is 0 Å². The van der Waals surface area contributed by atoms with Crippen LogP contribution >= 0.6 is 0 Å². The quantitative estimate of drug-likeness (QED) is 0.712. The Labute approximate surface area is 91.4 Å². The first-order valence-corrected chi connectivity index (χ1v) is 5.91. The predicted octanol–water partition coefficient (Wildman–Crippen LogP) is 1.89. The van der Waals surface area contributed by atoms with Crippen molar-refractivity contribution in [1.82, 2.24) is 4.90 Å². The summed E-state index contributed by atoms with van der Waals surface area (Å²) < 4.78 is 2.09. The summed E-state index contributed by atoms with van der Waals surface area (Å²) in [7, 11) is 0. The summed E-state index contributed by atoms with van der Waals surface area (Å²) in [4.78, 5) is 12.7. The molecule has 0 unspecified atom stereocenters. The molecule has 0 saturated carbocycles. The molecule has 0 aliphatic rings. The Hall–Kier alpha value is -0.232. The van der Waals surface area contributed by atoms with Crippen molar-refractivity contribution in [1.29, 1.82) is 0 Å². The molecule has 0 spiro atoms. The predicted molar refractivity (Wildman–Crippen MR) is 52.1 cm³/mol. The molecule has 74 valence electrons. The molecule has 0 fully saturated rings. The molecule has 0 radical (unpaired) electrons. The Bertz CT molecular complexity index is 238. The van der Waals surface area contributed by atoms with Crippen molar-refractivity contribution in [2.24, 2.45) is 0 Å². The maximum absolute atomic E-state index is 10.9. The summed E-state index contributed by atoms with van der Waals surface area (Å²) in [5, 5.41) is 0. The zero-order valence-corrected chi connectivity index (χ0v) is 11.9. The van der Waals surface area contributed by atoms with Gasteiger partial charge in [-0.05, 0) is 0 Å². The number of amides is 1. The summed E-state index contributed by atoms with van der Waals surface area (Å²) >= 11 is 1.41. The third-order valence-electron chi connectivity index (χ3n) is 1.94. The normalized spacial score (nSPS) is 13.3. The second-order valence-electron chi connectivity index (χ2n) is 4.03. The van der Waals surface area contributed by atoms with Gasteiger partial charge in [-0.2, -0.15) is 0 Å². The second kappa shape index (κ2) is 4.85. The summed E-state index contributed by atoms with van der Waals surface area (Å²) in [6.45, 7) is 10.1. The van der Waals surface area contributed by atoms with Crippen molar-refractivity contribution in [2.75, 3.05) is 0 Å². The minimum atomic E-state index is -0.133. The van der Waals surface area contributed by atoms with Crippen LogP contribution in [0, 0.1) is 0 Å². The number of carbonyl (C=O) groups is 1. The Morgan fingerprint density at radius 2 is 1.77 bits per heavy atom. The van der Waals surface area contributed by atoms with Crippen LogP contribution in [-0.4, -0.2) is 21.2 Å². The van der Waals surface area contributed by atoms with E-state index in [1.54, 1.807) is 4.90 Å². The van der Waals surface area contributed by atoms with Crippen molar-refractivity contribution in [3.63, 3.8) is 0 Å². The van der Waals surface area contributed by atoms with E-state index in [0.717, 1.165) is 12.1 Å². The third kappa shape index (κ3) is 3.56. The molecule has 2 nitrogen and oxygen atoms in total. The van der Waals surface area contributed by atoms with Gasteiger partial charge in [-0.3, -0.25) is 0 Å². The fourth-order valence-electron chi connectivity index (χ4n) is 1.02. The van der Waals surface area contributed by atoms with Crippen molar-refractivity contribution in [3.05, 3.63) is 11.3 Å². The van der Waals surface area contributed by atoms with Crippen LogP contribution in [0.15, 0.2) is 11.3 Å². The molecule has 0 heterocycles. The number of hydrogen-bond acceptors (Lipinski definition) is 1. The minimum absolute atomic E-state index is 0.133. The molecule has 0 N–H and O–H groups in total. The molecule has 0 aromatic rings. The van der Waals surface area contributed by atoms with E-state index in [-0.39, 0.29) is 5.54 Å². The van der Waals surface area contributed by atoms with E-state index < -0.39 is 0 Å². The number of nitrogens with zero attached hydrogens (tertiary/aromatic N) is 1. The Morgan fingerprint density at radius 1 is 1.31 bits per heavy atom. The zero-order chi connectivity index (χ0) is 10.6. The topological polar surface area (TPSA) is 20.3 Å². The van der Waals surface area contributed by atoms with Crippen molar-refractivity contribution < 1.29 is 24.1 Å². The molecule has 3 heteroatoms. The summed E-state index contributed by atoms with van der Waals surface area (Å²) in [6, 6.07) is 0. The van der Waals surface area contributed by atoms with Crippen molar-refractivity contribution >= 4 is 10.8 Å². The van der Waals surface area contributed by atoms with Crippen LogP contribution in [0.2, 0.25) is 0 Å². The van der Waals surface area contributed by atoms with Gasteiger partial charge in [0.25, 0.3) is 0 Å². The molecule has 0 rings (SSSR count). The zero-order valence-electron chi connectivity index (χ0n) is 8.92. The van der Waals surface area contributed by atoms with E-state index in [1.165, 1.54) is 24.9 Å². The van der Waals surface area contributed by atoms with Gasteiger partial charge in [0.2, 0.25) is 0 Å². The SMILES string of the molecule is C/C([CH]=[W])=C(\C)N(C=O)C(C)(C)C. The standard InChI is InChI=1S/C10H17NO.W/c1-8(2)9(3)11(7-12)10(4,5)6;/h1,7H,2-6H3;/b9-8+;. The van der Waals surface area contributed by atoms with E-state index >= 15 is 0 Å². The van der Waals surface area contributed by atoms with Gasteiger partial charge in [0, 0.05) is 0 Å². The van der Waals surface area contributed by atoms with Crippen LogP contribution in [0.5, 0.6) is 0 Å². The Kier molecular flexibility index (Phi) is 4.77. The van der Waals surface area contributed by atoms with E-state index in [4.69, 9.17) is 0 Å². The monoisotopic (exact) mass is 351 g/mol. The van der Waals surface area contributed by atoms with Crippen LogP contribution in [0.1, 0.15) is 34.6 Å². The van der Waals surface area contributed by atoms with E-state index in [0.29, 0.717) is 0 Å². The van der Waals surface area contributed by atoms with E-state index in [1.807, 2.05) is 34.6 Å². The number of allylic oxidation sites excluding steroid dienone is 2. The van der Waals surface area contributed by atoms with Crippen LogP contribution in [0.25, 0.3) is 0 Å². The number of rotatable bonds is 3. The van der Waals surface area contributed by atoms with Gasteiger partial charge >= 0.3 is 91.3 Å². The Balaban J connectivity index is 5.01. The van der Waals surface area contributed by atoms with Gasteiger partial charge in [0.15, 0.2) is 0 Å². The number of hydrogen-bond donors (Lipinski definition) is 0. The van der Waals surface area contributed by atoms with E-state index in [2.05, 4.69) is 4.40 Å². The molecule has 0 saturated heterocycles. The molecular weight excluding hydrogens is 334 g/mol. The fourth-order valence-corrected chi connectivity index (χ4v) is 1.63. The molecule has 0 aromatic carbocycles. The van der Waals surface area contributed by atoms with Gasteiger partial charge in [0.05, 0.1) is 0 Å². The average molecular weight is 351 g/mol. The van der Waals surface area contributed by atoms with Gasteiger partial charge in [-0.15, -0.1) is 0 Å².